The van der Waals surface area contributed by atoms with Gasteiger partial charge in [0.2, 0.25) is 0 Å². The SMILES string of the molecule is Cc1c(N(C(=O)c2cc(-c3ccc(Cl)cc3C(=O)N3Cc4ccccc4C[C@H]3CN3CCOCC3)n(C)c2C)c2ccc(O)cc2)cc(C#N)n1C.Cl. The molecule has 2 aliphatic heterocycles. The molecule has 0 unspecified atom stereocenters. The third-order valence-electron chi connectivity index (χ3n) is 10.6. The normalized spacial score (nSPS) is 15.7. The van der Waals surface area contributed by atoms with Crippen LogP contribution >= 0.6 is 24.0 Å². The molecule has 12 heteroatoms. The number of fused-ring (bicyclic) bond motifs is 1. The molecule has 4 heterocycles. The van der Waals surface area contributed by atoms with Crippen LogP contribution in [0.5, 0.6) is 5.75 Å². The molecule has 1 saturated heterocycles. The monoisotopic (exact) mass is 752 g/mol. The molecule has 2 aliphatic rings. The van der Waals surface area contributed by atoms with Crippen LogP contribution in [0.4, 0.5) is 11.4 Å². The predicted octanol–water partition coefficient (Wildman–Crippen LogP) is 7.18. The first-order valence-corrected chi connectivity index (χ1v) is 17.8. The first-order valence-electron chi connectivity index (χ1n) is 17.4. The Morgan fingerprint density at radius 2 is 1.62 bits per heavy atom. The number of phenolic OH excluding ortho intramolecular Hbond substituents is 1. The molecule has 0 saturated carbocycles. The minimum atomic E-state index is -0.316. The van der Waals surface area contributed by atoms with Crippen molar-refractivity contribution in [1.29, 1.82) is 5.26 Å². The van der Waals surface area contributed by atoms with Gasteiger partial charge in [0.15, 0.2) is 0 Å². The number of carbonyl (C=O) groups excluding carboxylic acids is 2. The number of carbonyl (C=O) groups is 2. The van der Waals surface area contributed by atoms with E-state index in [1.54, 1.807) is 46.8 Å². The van der Waals surface area contributed by atoms with Crippen LogP contribution in [0.15, 0.2) is 78.9 Å². The minimum Gasteiger partial charge on any atom is -0.508 e. The van der Waals surface area contributed by atoms with Gasteiger partial charge in [-0.25, -0.2) is 0 Å². The van der Waals surface area contributed by atoms with Crippen LogP contribution in [0.2, 0.25) is 5.02 Å². The Kier molecular flexibility index (Phi) is 11.0. The van der Waals surface area contributed by atoms with E-state index in [-0.39, 0.29) is 36.0 Å². The number of morpholine rings is 1. The first-order chi connectivity index (χ1) is 25.0. The number of amides is 2. The van der Waals surface area contributed by atoms with Gasteiger partial charge in [-0.2, -0.15) is 5.26 Å². The Balaban J connectivity index is 0.00000481. The molecule has 10 nitrogen and oxygen atoms in total. The van der Waals surface area contributed by atoms with E-state index >= 15 is 0 Å². The number of ether oxygens (including phenoxy) is 1. The lowest BCUT2D eigenvalue weighted by atomic mass is 9.92. The lowest BCUT2D eigenvalue weighted by Crippen LogP contribution is -2.52. The molecule has 0 spiro atoms. The Labute approximate surface area is 320 Å². The average Bonchev–Trinajstić information content (AvgIpc) is 3.61. The number of aromatic hydroxyl groups is 1. The van der Waals surface area contributed by atoms with Gasteiger partial charge in [-0.1, -0.05) is 41.9 Å². The highest BCUT2D eigenvalue weighted by molar-refractivity contribution is 6.31. The molecule has 53 heavy (non-hydrogen) atoms. The van der Waals surface area contributed by atoms with Gasteiger partial charge in [-0.15, -0.1) is 12.4 Å². The summed E-state index contributed by atoms with van der Waals surface area (Å²) in [5.41, 5.74) is 7.56. The number of halogens is 2. The second kappa shape index (κ2) is 15.5. The lowest BCUT2D eigenvalue weighted by Gasteiger charge is -2.40. The number of nitriles is 1. The number of nitrogens with zero attached hydrogens (tertiary/aromatic N) is 6. The van der Waals surface area contributed by atoms with Gasteiger partial charge in [0.05, 0.1) is 30.0 Å². The third-order valence-corrected chi connectivity index (χ3v) is 10.9. The summed E-state index contributed by atoms with van der Waals surface area (Å²) in [6, 6.07) is 25.7. The molecular weight excluding hydrogens is 711 g/mol. The smallest absolute Gasteiger partial charge is 0.264 e. The van der Waals surface area contributed by atoms with Gasteiger partial charge in [-0.05, 0) is 79.9 Å². The van der Waals surface area contributed by atoms with Gasteiger partial charge in [-0.3, -0.25) is 19.4 Å². The van der Waals surface area contributed by atoms with E-state index < -0.39 is 0 Å². The summed E-state index contributed by atoms with van der Waals surface area (Å²) in [6.07, 6.45) is 0.747. The third kappa shape index (κ3) is 7.18. The highest BCUT2D eigenvalue weighted by atomic mass is 35.5. The van der Waals surface area contributed by atoms with E-state index in [9.17, 15) is 20.0 Å². The van der Waals surface area contributed by atoms with E-state index in [0.29, 0.717) is 69.9 Å². The summed E-state index contributed by atoms with van der Waals surface area (Å²) in [7, 11) is 3.67. The fourth-order valence-electron chi connectivity index (χ4n) is 7.42. The van der Waals surface area contributed by atoms with Gasteiger partial charge >= 0.3 is 0 Å². The van der Waals surface area contributed by atoms with Crippen molar-refractivity contribution < 1.29 is 19.4 Å². The van der Waals surface area contributed by atoms with E-state index in [1.165, 1.54) is 17.7 Å². The van der Waals surface area contributed by atoms with Crippen molar-refractivity contribution in [2.75, 3.05) is 37.7 Å². The van der Waals surface area contributed by atoms with Crippen LogP contribution in [0.1, 0.15) is 48.9 Å². The summed E-state index contributed by atoms with van der Waals surface area (Å²) in [5.74, 6) is -0.365. The second-order valence-corrected chi connectivity index (χ2v) is 14.0. The van der Waals surface area contributed by atoms with Crippen molar-refractivity contribution in [3.8, 4) is 23.1 Å². The number of aromatic nitrogens is 2. The summed E-state index contributed by atoms with van der Waals surface area (Å²) in [5, 5.41) is 20.3. The second-order valence-electron chi connectivity index (χ2n) is 13.6. The molecule has 5 aromatic rings. The molecule has 0 aliphatic carbocycles. The summed E-state index contributed by atoms with van der Waals surface area (Å²) >= 11 is 6.61. The lowest BCUT2D eigenvalue weighted by molar-refractivity contribution is 0.0193. The Morgan fingerprint density at radius 1 is 0.925 bits per heavy atom. The van der Waals surface area contributed by atoms with Crippen molar-refractivity contribution >= 4 is 47.2 Å². The number of rotatable bonds is 7. The highest BCUT2D eigenvalue weighted by Crippen LogP contribution is 2.37. The molecule has 1 N–H and O–H groups in total. The maximum Gasteiger partial charge on any atom is 0.264 e. The van der Waals surface area contributed by atoms with E-state index in [1.807, 2.05) is 48.6 Å². The fourth-order valence-corrected chi connectivity index (χ4v) is 7.59. The number of benzene rings is 3. The molecule has 0 bridgehead atoms. The molecule has 3 aromatic carbocycles. The number of hydrogen-bond donors (Lipinski definition) is 1. The van der Waals surface area contributed by atoms with E-state index in [2.05, 4.69) is 29.2 Å². The van der Waals surface area contributed by atoms with Crippen LogP contribution in [0.3, 0.4) is 0 Å². The Hall–Kier alpha value is -5.05. The molecule has 274 valence electrons. The fraction of sp³-hybridized carbons (Fsp3) is 0.293. The number of phenols is 1. The zero-order valence-electron chi connectivity index (χ0n) is 30.2. The maximum atomic E-state index is 14.8. The summed E-state index contributed by atoms with van der Waals surface area (Å²) in [4.78, 5) is 35.5. The Morgan fingerprint density at radius 3 is 2.30 bits per heavy atom. The molecule has 2 amide bonds. The number of hydrogen-bond acceptors (Lipinski definition) is 6. The molecule has 1 atom stereocenters. The highest BCUT2D eigenvalue weighted by Gasteiger charge is 2.34. The van der Waals surface area contributed by atoms with Crippen molar-refractivity contribution in [1.82, 2.24) is 18.9 Å². The zero-order valence-corrected chi connectivity index (χ0v) is 31.7. The number of anilines is 2. The molecule has 1 fully saturated rings. The van der Waals surface area contributed by atoms with Crippen molar-refractivity contribution in [3.63, 3.8) is 0 Å². The summed E-state index contributed by atoms with van der Waals surface area (Å²) in [6.45, 7) is 7.95. The van der Waals surface area contributed by atoms with Gasteiger partial charge in [0.25, 0.3) is 11.8 Å². The van der Waals surface area contributed by atoms with Crippen LogP contribution in [-0.4, -0.2) is 74.7 Å². The average molecular weight is 754 g/mol. The van der Waals surface area contributed by atoms with Gasteiger partial charge < -0.3 is 23.9 Å². The maximum absolute atomic E-state index is 14.8. The first kappa shape index (κ1) is 37.7. The molecule has 7 rings (SSSR count). The molecular formula is C41H42Cl2N6O4. The van der Waals surface area contributed by atoms with Crippen molar-refractivity contribution in [2.24, 2.45) is 14.1 Å². The van der Waals surface area contributed by atoms with Crippen LogP contribution in [-0.2, 0) is 31.8 Å². The van der Waals surface area contributed by atoms with Crippen molar-refractivity contribution in [2.45, 2.75) is 32.9 Å². The van der Waals surface area contributed by atoms with Gasteiger partial charge in [0, 0.05) is 79.7 Å². The predicted molar refractivity (Wildman–Crippen MR) is 208 cm³/mol. The molecule has 2 aromatic heterocycles. The summed E-state index contributed by atoms with van der Waals surface area (Å²) < 4.78 is 9.28. The largest absolute Gasteiger partial charge is 0.508 e. The minimum absolute atomic E-state index is 0. The van der Waals surface area contributed by atoms with Gasteiger partial charge in [0.1, 0.15) is 17.5 Å². The van der Waals surface area contributed by atoms with Crippen LogP contribution < -0.4 is 4.90 Å². The van der Waals surface area contributed by atoms with E-state index in [4.69, 9.17) is 16.3 Å². The van der Waals surface area contributed by atoms with Crippen LogP contribution in [0.25, 0.3) is 11.3 Å². The quantitative estimate of drug-likeness (QED) is 0.189. The zero-order chi connectivity index (χ0) is 36.7. The van der Waals surface area contributed by atoms with Crippen molar-refractivity contribution in [3.05, 3.63) is 123 Å². The van der Waals surface area contributed by atoms with Crippen LogP contribution in [0, 0.1) is 25.2 Å². The molecule has 0 radical (unpaired) electrons. The Bertz CT molecular complexity index is 2210. The standard InChI is InChI=1S/C41H41ClN6O4.ClH/c1-26-36(41(51)48(31-10-12-34(49)13-11-31)38-21-32(23-43)44(3)27(38)2)22-39(45(26)4)35-14-9-30(42)20-37(35)40(50)47-24-29-8-6-5-7-28(29)19-33(47)25-46-15-17-52-18-16-46;/h5-14,20-22,33,49H,15-19,24-25H2,1-4H3;1H/t33-;/m0./s1. The van der Waals surface area contributed by atoms with E-state index in [0.717, 1.165) is 37.3 Å². The topological polar surface area (TPSA) is 107 Å².